The van der Waals surface area contributed by atoms with Crippen molar-refractivity contribution in [3.05, 3.63) is 109 Å². The van der Waals surface area contributed by atoms with Crippen molar-refractivity contribution in [3.8, 4) is 0 Å². The van der Waals surface area contributed by atoms with Crippen LogP contribution >= 0.6 is 0 Å². The second kappa shape index (κ2) is 70.6. The Morgan fingerprint density at radius 3 is 0.735 bits per heavy atom. The molecule has 0 saturated carbocycles. The molecule has 0 rings (SSSR count). The highest BCUT2D eigenvalue weighted by Crippen LogP contribution is 2.17. The summed E-state index contributed by atoms with van der Waals surface area (Å²) in [5, 5.41) is 0. The molecule has 83 heavy (non-hydrogen) atoms. The number of carbonyl (C=O) groups excluding carboxylic acids is 3. The van der Waals surface area contributed by atoms with Crippen LogP contribution in [0.3, 0.4) is 0 Å². The van der Waals surface area contributed by atoms with Crippen LogP contribution in [0.25, 0.3) is 0 Å². The summed E-state index contributed by atoms with van der Waals surface area (Å²) in [6.45, 7) is 6.45. The molecule has 0 heterocycles. The monoisotopic (exact) mass is 1150 g/mol. The van der Waals surface area contributed by atoms with Crippen LogP contribution in [0.5, 0.6) is 0 Å². The summed E-state index contributed by atoms with van der Waals surface area (Å²) in [7, 11) is 0. The smallest absolute Gasteiger partial charge is 0.306 e. The fourth-order valence-electron chi connectivity index (χ4n) is 9.99. The van der Waals surface area contributed by atoms with Gasteiger partial charge >= 0.3 is 17.9 Å². The predicted molar refractivity (Wildman–Crippen MR) is 362 cm³/mol. The van der Waals surface area contributed by atoms with Gasteiger partial charge in [0.25, 0.3) is 0 Å². The molecule has 0 aromatic heterocycles. The van der Waals surface area contributed by atoms with E-state index in [1.54, 1.807) is 0 Å². The van der Waals surface area contributed by atoms with Crippen molar-refractivity contribution in [2.24, 2.45) is 0 Å². The van der Waals surface area contributed by atoms with Crippen LogP contribution in [0.15, 0.2) is 109 Å². The van der Waals surface area contributed by atoms with E-state index in [2.05, 4.69) is 130 Å². The van der Waals surface area contributed by atoms with E-state index >= 15 is 0 Å². The van der Waals surface area contributed by atoms with Gasteiger partial charge in [-0.1, -0.05) is 323 Å². The molecule has 1 unspecified atom stereocenters. The van der Waals surface area contributed by atoms with Gasteiger partial charge in [-0.3, -0.25) is 14.4 Å². The van der Waals surface area contributed by atoms with Crippen molar-refractivity contribution in [1.29, 1.82) is 0 Å². The van der Waals surface area contributed by atoms with Crippen molar-refractivity contribution in [3.63, 3.8) is 0 Å². The van der Waals surface area contributed by atoms with E-state index in [9.17, 15) is 14.4 Å². The summed E-state index contributed by atoms with van der Waals surface area (Å²) in [6, 6.07) is 0. The second-order valence-corrected chi connectivity index (χ2v) is 23.4. The lowest BCUT2D eigenvalue weighted by Gasteiger charge is -2.18. The summed E-state index contributed by atoms with van der Waals surface area (Å²) in [6.07, 6.45) is 97.4. The van der Waals surface area contributed by atoms with E-state index in [4.69, 9.17) is 14.2 Å². The van der Waals surface area contributed by atoms with Gasteiger partial charge in [0.15, 0.2) is 6.10 Å². The number of carbonyl (C=O) groups is 3. The van der Waals surface area contributed by atoms with Crippen LogP contribution in [0.1, 0.15) is 342 Å². The van der Waals surface area contributed by atoms with E-state index < -0.39 is 6.10 Å². The van der Waals surface area contributed by atoms with Crippen LogP contribution in [-0.4, -0.2) is 37.2 Å². The highest BCUT2D eigenvalue weighted by Gasteiger charge is 2.19. The standard InChI is InChI=1S/C77H132O6/c1-4-7-10-13-15-17-19-21-23-25-27-29-31-33-35-36-37-38-39-40-42-43-45-47-49-51-53-55-57-59-61-64-67-70-76(79)82-73-74(72-81-75(78)69-66-63-12-9-6-3)83-77(80)71-68-65-62-60-58-56-54-52-50-48-46-44-41-34-32-30-28-26-24-22-20-18-16-14-11-8-5-2/h8,11,16,18-19,21-22,24-25,27-28,30-31,33-34,41,46,48,74H,4-7,9-10,12-15,17,20,23,26,29,32,35-40,42-45,47,49-73H2,1-3H3/b11-8-,18-16-,21-19-,24-22-,27-25-,30-28-,33-31-,41-34-,48-46-. The largest absolute Gasteiger partial charge is 0.462 e. The molecule has 476 valence electrons. The first-order valence-corrected chi connectivity index (χ1v) is 35.4. The van der Waals surface area contributed by atoms with Gasteiger partial charge in [0.1, 0.15) is 13.2 Å². The molecule has 6 nitrogen and oxygen atoms in total. The van der Waals surface area contributed by atoms with E-state index in [0.29, 0.717) is 19.3 Å². The van der Waals surface area contributed by atoms with Gasteiger partial charge in [0.2, 0.25) is 0 Å². The third-order valence-electron chi connectivity index (χ3n) is 15.3. The normalized spacial score (nSPS) is 12.8. The molecule has 0 amide bonds. The van der Waals surface area contributed by atoms with Gasteiger partial charge in [-0.15, -0.1) is 0 Å². The quantitative estimate of drug-likeness (QED) is 0.0261. The Bertz CT molecular complexity index is 1660. The van der Waals surface area contributed by atoms with Crippen LogP contribution < -0.4 is 0 Å². The van der Waals surface area contributed by atoms with Crippen LogP contribution in [0.4, 0.5) is 0 Å². The zero-order valence-corrected chi connectivity index (χ0v) is 54.7. The van der Waals surface area contributed by atoms with Gasteiger partial charge in [-0.05, 0) is 109 Å². The Hall–Kier alpha value is -3.93. The average molecular weight is 1150 g/mol. The summed E-state index contributed by atoms with van der Waals surface area (Å²) >= 11 is 0. The summed E-state index contributed by atoms with van der Waals surface area (Å²) in [4.78, 5) is 38.0. The van der Waals surface area contributed by atoms with Gasteiger partial charge in [0.05, 0.1) is 0 Å². The molecule has 0 N–H and O–H groups in total. The van der Waals surface area contributed by atoms with Gasteiger partial charge in [0, 0.05) is 19.3 Å². The minimum atomic E-state index is -0.780. The molecule has 1 atom stereocenters. The molecule has 6 heteroatoms. The molecule has 0 aliphatic carbocycles. The number of hydrogen-bond donors (Lipinski definition) is 0. The molecule has 0 aromatic rings. The lowest BCUT2D eigenvalue weighted by atomic mass is 10.0. The number of allylic oxidation sites excluding steroid dienone is 18. The topological polar surface area (TPSA) is 78.9 Å². The minimum Gasteiger partial charge on any atom is -0.462 e. The summed E-state index contributed by atoms with van der Waals surface area (Å²) < 4.78 is 16.8. The molecule has 0 aromatic carbocycles. The maximum atomic E-state index is 12.9. The molecule has 0 spiro atoms. The SMILES string of the molecule is CC/C=C\C/C=C\C/C=C\C/C=C\C/C=C\C/C=C\CCCCCCCCCCC(=O)OC(COC(=O)CCCCCCC)COC(=O)CCCCCCCCCCCCCCCCCCCC/C=C\C/C=C\C/C=C\CCCCCCC. The zero-order valence-electron chi connectivity index (χ0n) is 54.7. The van der Waals surface area contributed by atoms with Crippen molar-refractivity contribution in [2.45, 2.75) is 348 Å². The predicted octanol–water partition coefficient (Wildman–Crippen LogP) is 24.6. The molecular formula is C77H132O6. The van der Waals surface area contributed by atoms with E-state index in [0.717, 1.165) is 122 Å². The number of esters is 3. The minimum absolute atomic E-state index is 0.0794. The molecule has 0 bridgehead atoms. The van der Waals surface area contributed by atoms with Crippen molar-refractivity contribution in [1.82, 2.24) is 0 Å². The van der Waals surface area contributed by atoms with E-state index in [1.165, 1.54) is 180 Å². The maximum Gasteiger partial charge on any atom is 0.306 e. The zero-order chi connectivity index (χ0) is 59.9. The Morgan fingerprint density at radius 2 is 0.470 bits per heavy atom. The molecule has 0 fully saturated rings. The first-order valence-electron chi connectivity index (χ1n) is 35.4. The Morgan fingerprint density at radius 1 is 0.253 bits per heavy atom. The fraction of sp³-hybridized carbons (Fsp3) is 0.727. The Labute approximate surface area is 514 Å². The van der Waals surface area contributed by atoms with Crippen LogP contribution in [0, 0.1) is 0 Å². The van der Waals surface area contributed by atoms with Crippen molar-refractivity contribution >= 4 is 17.9 Å². The Kier molecular flexibility index (Phi) is 67.2. The van der Waals surface area contributed by atoms with Gasteiger partial charge in [-0.25, -0.2) is 0 Å². The molecular weight excluding hydrogens is 1020 g/mol. The highest BCUT2D eigenvalue weighted by molar-refractivity contribution is 5.71. The molecule has 0 aliphatic heterocycles. The third-order valence-corrected chi connectivity index (χ3v) is 15.3. The fourth-order valence-corrected chi connectivity index (χ4v) is 9.99. The Balaban J connectivity index is 3.99. The van der Waals surface area contributed by atoms with Gasteiger partial charge in [-0.2, -0.15) is 0 Å². The average Bonchev–Trinajstić information content (AvgIpc) is 3.49. The summed E-state index contributed by atoms with van der Waals surface area (Å²) in [5.41, 5.74) is 0. The second-order valence-electron chi connectivity index (χ2n) is 23.4. The number of ether oxygens (including phenoxy) is 3. The lowest BCUT2D eigenvalue weighted by Crippen LogP contribution is -2.30. The van der Waals surface area contributed by atoms with Crippen LogP contribution in [-0.2, 0) is 28.6 Å². The van der Waals surface area contributed by atoms with Crippen molar-refractivity contribution in [2.75, 3.05) is 13.2 Å². The first kappa shape index (κ1) is 79.1. The van der Waals surface area contributed by atoms with E-state index in [-0.39, 0.29) is 31.1 Å². The molecule has 0 aliphatic rings. The summed E-state index contributed by atoms with van der Waals surface area (Å²) in [5.74, 6) is -0.891. The van der Waals surface area contributed by atoms with E-state index in [1.807, 2.05) is 0 Å². The third kappa shape index (κ3) is 68.7. The number of hydrogen-bond acceptors (Lipinski definition) is 6. The van der Waals surface area contributed by atoms with Gasteiger partial charge < -0.3 is 14.2 Å². The van der Waals surface area contributed by atoms with Crippen LogP contribution in [0.2, 0.25) is 0 Å². The number of unbranched alkanes of at least 4 members (excludes halogenated alkanes) is 35. The molecule has 0 saturated heterocycles. The molecule has 0 radical (unpaired) electrons. The highest BCUT2D eigenvalue weighted by atomic mass is 16.6. The number of rotatable bonds is 64. The lowest BCUT2D eigenvalue weighted by molar-refractivity contribution is -0.167. The maximum absolute atomic E-state index is 12.9. The van der Waals surface area contributed by atoms with Crippen molar-refractivity contribution < 1.29 is 28.6 Å². The first-order chi connectivity index (χ1) is 41.0.